The second-order valence-corrected chi connectivity index (χ2v) is 15.0. The molecule has 6 aromatic carbocycles. The third-order valence-electron chi connectivity index (χ3n) is 8.61. The van der Waals surface area contributed by atoms with E-state index in [1.54, 1.807) is 6.07 Å². The Morgan fingerprint density at radius 1 is 0.640 bits per heavy atom. The van der Waals surface area contributed by atoms with Gasteiger partial charge in [-0.05, 0) is 94.8 Å². The molecule has 0 aromatic heterocycles. The molecular formula is C44H39O5P. The quantitative estimate of drug-likeness (QED) is 0.121. The van der Waals surface area contributed by atoms with Gasteiger partial charge in [0, 0.05) is 5.56 Å². The Kier molecular flexibility index (Phi) is 9.60. The van der Waals surface area contributed by atoms with Crippen molar-refractivity contribution >= 4 is 24.1 Å². The summed E-state index contributed by atoms with van der Waals surface area (Å²) in [7, 11) is -3.67. The van der Waals surface area contributed by atoms with E-state index in [4.69, 9.17) is 18.7 Å². The Morgan fingerprint density at radius 3 is 1.90 bits per heavy atom. The maximum atomic E-state index is 15.3. The predicted octanol–water partition coefficient (Wildman–Crippen LogP) is 10.8. The first kappa shape index (κ1) is 33.0. The molecule has 1 aliphatic heterocycles. The number of benzene rings is 6. The molecular weight excluding hydrogens is 639 g/mol. The molecule has 1 atom stereocenters. The zero-order valence-corrected chi connectivity index (χ0v) is 29.1. The number of hydrogen-bond donors (Lipinski definition) is 0. The fraction of sp³-hybridized carbons (Fsp3) is 0.136. The minimum absolute atomic E-state index is 0.255. The SMILES string of the molecule is C=Cc1ccc(COc2ccc(OCc3ccc(Oc4ccc(CC(C)C)cc4)cc3)c(P3(=O)Oc4ccccc4-c4ccccc43)c2)cc1. The van der Waals surface area contributed by atoms with Crippen molar-refractivity contribution in [2.24, 2.45) is 5.92 Å². The lowest BCUT2D eigenvalue weighted by Crippen LogP contribution is -2.26. The first-order valence-corrected chi connectivity index (χ1v) is 18.5. The maximum absolute atomic E-state index is 15.3. The van der Waals surface area contributed by atoms with Crippen LogP contribution in [0, 0.1) is 5.92 Å². The van der Waals surface area contributed by atoms with E-state index in [1.807, 2.05) is 127 Å². The molecule has 5 nitrogen and oxygen atoms in total. The van der Waals surface area contributed by atoms with Gasteiger partial charge in [0.15, 0.2) is 0 Å². The summed E-state index contributed by atoms with van der Waals surface area (Å²) in [6.45, 7) is 8.86. The van der Waals surface area contributed by atoms with E-state index in [0.717, 1.165) is 45.7 Å². The number of fused-ring (bicyclic) bond motifs is 3. The number of ether oxygens (including phenoxy) is 3. The molecule has 0 N–H and O–H groups in total. The summed E-state index contributed by atoms with van der Waals surface area (Å²) in [5.41, 5.74) is 6.06. The van der Waals surface area contributed by atoms with E-state index >= 15 is 4.57 Å². The van der Waals surface area contributed by atoms with E-state index in [1.165, 1.54) is 5.56 Å². The maximum Gasteiger partial charge on any atom is 0.311 e. The molecule has 0 saturated carbocycles. The number of rotatable bonds is 12. The van der Waals surface area contributed by atoms with Gasteiger partial charge in [0.2, 0.25) is 0 Å². The van der Waals surface area contributed by atoms with Crippen LogP contribution < -0.4 is 29.3 Å². The first-order valence-electron chi connectivity index (χ1n) is 16.8. The fourth-order valence-electron chi connectivity index (χ4n) is 6.07. The lowest BCUT2D eigenvalue weighted by Gasteiger charge is -2.30. The van der Waals surface area contributed by atoms with Gasteiger partial charge in [0.1, 0.15) is 42.0 Å². The molecule has 6 heteroatoms. The molecule has 0 fully saturated rings. The largest absolute Gasteiger partial charge is 0.489 e. The highest BCUT2D eigenvalue weighted by molar-refractivity contribution is 7.75. The second-order valence-electron chi connectivity index (χ2n) is 12.8. The monoisotopic (exact) mass is 678 g/mol. The lowest BCUT2D eigenvalue weighted by molar-refractivity contribution is 0.299. The summed E-state index contributed by atoms with van der Waals surface area (Å²) in [6.07, 6.45) is 2.85. The van der Waals surface area contributed by atoms with Crippen molar-refractivity contribution in [2.45, 2.75) is 33.5 Å². The highest BCUT2D eigenvalue weighted by Crippen LogP contribution is 2.55. The predicted molar refractivity (Wildman–Crippen MR) is 203 cm³/mol. The highest BCUT2D eigenvalue weighted by Gasteiger charge is 2.40. The molecule has 1 unspecified atom stereocenters. The van der Waals surface area contributed by atoms with Gasteiger partial charge in [0.05, 0.1) is 10.6 Å². The van der Waals surface area contributed by atoms with Gasteiger partial charge >= 0.3 is 7.37 Å². The molecule has 250 valence electrons. The van der Waals surface area contributed by atoms with Gasteiger partial charge in [-0.1, -0.05) is 111 Å². The zero-order chi connectivity index (χ0) is 34.5. The average Bonchev–Trinajstić information content (AvgIpc) is 3.15. The van der Waals surface area contributed by atoms with E-state index in [2.05, 4.69) is 32.6 Å². The van der Waals surface area contributed by atoms with Crippen molar-refractivity contribution in [1.29, 1.82) is 0 Å². The third-order valence-corrected chi connectivity index (χ3v) is 11.1. The molecule has 1 aliphatic rings. The second kappa shape index (κ2) is 14.5. The van der Waals surface area contributed by atoms with Crippen LogP contribution in [0.3, 0.4) is 0 Å². The minimum atomic E-state index is -3.67. The van der Waals surface area contributed by atoms with Gasteiger partial charge in [-0.2, -0.15) is 0 Å². The van der Waals surface area contributed by atoms with E-state index in [9.17, 15) is 0 Å². The summed E-state index contributed by atoms with van der Waals surface area (Å²) >= 11 is 0. The van der Waals surface area contributed by atoms with Crippen LogP contribution in [0.4, 0.5) is 0 Å². The molecule has 0 aliphatic carbocycles. The Balaban J connectivity index is 1.15. The van der Waals surface area contributed by atoms with Crippen LogP contribution in [0.15, 0.2) is 146 Å². The molecule has 0 amide bonds. The molecule has 0 saturated heterocycles. The average molecular weight is 679 g/mol. The van der Waals surface area contributed by atoms with E-state index < -0.39 is 7.37 Å². The van der Waals surface area contributed by atoms with E-state index in [-0.39, 0.29) is 6.61 Å². The Hall–Kier alpha value is -5.51. The highest BCUT2D eigenvalue weighted by atomic mass is 31.2. The van der Waals surface area contributed by atoms with Gasteiger partial charge in [-0.15, -0.1) is 0 Å². The van der Waals surface area contributed by atoms with Crippen molar-refractivity contribution in [3.8, 4) is 39.9 Å². The van der Waals surface area contributed by atoms with Crippen LogP contribution in [-0.2, 0) is 24.2 Å². The van der Waals surface area contributed by atoms with Crippen molar-refractivity contribution in [3.05, 3.63) is 168 Å². The molecule has 7 rings (SSSR count). The van der Waals surface area contributed by atoms with Crippen molar-refractivity contribution in [1.82, 2.24) is 0 Å². The van der Waals surface area contributed by atoms with Gasteiger partial charge in [-0.25, -0.2) is 0 Å². The fourth-order valence-corrected chi connectivity index (χ4v) is 8.48. The summed E-state index contributed by atoms with van der Waals surface area (Å²) < 4.78 is 40.5. The van der Waals surface area contributed by atoms with Crippen molar-refractivity contribution in [2.75, 3.05) is 0 Å². The number of para-hydroxylation sites is 1. The van der Waals surface area contributed by atoms with E-state index in [0.29, 0.717) is 40.4 Å². The van der Waals surface area contributed by atoms with Crippen LogP contribution in [0.5, 0.6) is 28.7 Å². The van der Waals surface area contributed by atoms with Gasteiger partial charge in [-0.3, -0.25) is 4.57 Å². The topological polar surface area (TPSA) is 54.0 Å². The standard InChI is InChI=1S/C44H39O5P/c1-4-32-13-15-34(16-14-32)29-46-38-25-26-42(44(28-38)50(45)43-12-8-6-10-40(43)39-9-5-7-11-41(39)49-50)47-30-35-19-23-37(24-20-35)48-36-21-17-33(18-22-36)27-31(2)3/h4-26,28,31H,1,27,29-30H2,2-3H3. The number of hydrogen-bond acceptors (Lipinski definition) is 5. The normalized spacial score (nSPS) is 14.6. The van der Waals surface area contributed by atoms with Crippen molar-refractivity contribution in [3.63, 3.8) is 0 Å². The Labute approximate surface area is 294 Å². The first-order chi connectivity index (χ1) is 24.4. The molecule has 6 aromatic rings. The van der Waals surface area contributed by atoms with Crippen LogP contribution in [0.1, 0.15) is 36.1 Å². The van der Waals surface area contributed by atoms with Crippen molar-refractivity contribution < 1.29 is 23.3 Å². The summed E-state index contributed by atoms with van der Waals surface area (Å²) in [5, 5.41) is 1.07. The third kappa shape index (κ3) is 7.24. The molecule has 50 heavy (non-hydrogen) atoms. The van der Waals surface area contributed by atoms with Gasteiger partial charge in [0.25, 0.3) is 0 Å². The van der Waals surface area contributed by atoms with Crippen LogP contribution in [0.2, 0.25) is 0 Å². The summed E-state index contributed by atoms with van der Waals surface area (Å²) in [6, 6.07) is 44.9. The van der Waals surface area contributed by atoms with Crippen LogP contribution in [-0.4, -0.2) is 0 Å². The lowest BCUT2D eigenvalue weighted by atomic mass is 10.0. The molecule has 0 bridgehead atoms. The zero-order valence-electron chi connectivity index (χ0n) is 28.3. The molecule has 0 spiro atoms. The van der Waals surface area contributed by atoms with Gasteiger partial charge < -0.3 is 18.7 Å². The smallest absolute Gasteiger partial charge is 0.311 e. The summed E-state index contributed by atoms with van der Waals surface area (Å²) in [5.74, 6) is 3.73. The Bertz CT molecular complexity index is 2150. The molecule has 0 radical (unpaired) electrons. The summed E-state index contributed by atoms with van der Waals surface area (Å²) in [4.78, 5) is 0. The van der Waals surface area contributed by atoms with Crippen LogP contribution in [0.25, 0.3) is 17.2 Å². The molecule has 1 heterocycles. The van der Waals surface area contributed by atoms with Crippen LogP contribution >= 0.6 is 7.37 Å². The Morgan fingerprint density at radius 2 is 1.22 bits per heavy atom. The minimum Gasteiger partial charge on any atom is -0.489 e.